The molecule has 2 aliphatic carbocycles. The van der Waals surface area contributed by atoms with Gasteiger partial charge in [-0.3, -0.25) is 9.69 Å². The molecule has 5 rings (SSSR count). The molecule has 1 saturated heterocycles. The van der Waals surface area contributed by atoms with Gasteiger partial charge in [0, 0.05) is 55.3 Å². The number of aldehydes is 1. The van der Waals surface area contributed by atoms with E-state index in [9.17, 15) is 4.79 Å². The molecule has 0 spiro atoms. The van der Waals surface area contributed by atoms with Crippen LogP contribution in [0.4, 0.5) is 0 Å². The van der Waals surface area contributed by atoms with Gasteiger partial charge in [0.25, 0.3) is 0 Å². The van der Waals surface area contributed by atoms with Crippen molar-refractivity contribution in [3.63, 3.8) is 0 Å². The molecule has 0 radical (unpaired) electrons. The van der Waals surface area contributed by atoms with E-state index in [2.05, 4.69) is 21.4 Å². The molecular weight excluding hydrogens is 456 g/mol. The van der Waals surface area contributed by atoms with Crippen molar-refractivity contribution >= 4 is 12.2 Å². The van der Waals surface area contributed by atoms with E-state index in [-0.39, 0.29) is 6.04 Å². The van der Waals surface area contributed by atoms with E-state index in [1.54, 1.807) is 0 Å². The summed E-state index contributed by atoms with van der Waals surface area (Å²) < 4.78 is 17.8. The molecule has 0 aromatic heterocycles. The van der Waals surface area contributed by atoms with Crippen LogP contribution < -0.4 is 5.43 Å². The minimum absolute atomic E-state index is 0.193. The highest BCUT2D eigenvalue weighted by Crippen LogP contribution is 2.40. The number of nitrogens with one attached hydrogen (secondary N) is 1. The highest BCUT2D eigenvalue weighted by atomic mass is 16.5. The van der Waals surface area contributed by atoms with Crippen molar-refractivity contribution in [2.45, 2.75) is 76.8 Å². The molecule has 3 unspecified atom stereocenters. The zero-order valence-electron chi connectivity index (χ0n) is 22.0. The second-order valence-corrected chi connectivity index (χ2v) is 10.9. The Hall–Kier alpha value is -1.90. The maximum absolute atomic E-state index is 12.0. The summed E-state index contributed by atoms with van der Waals surface area (Å²) in [5.41, 5.74) is 5.81. The number of rotatable bonds is 9. The van der Waals surface area contributed by atoms with Gasteiger partial charge in [-0.2, -0.15) is 0 Å². The number of hydrogen-bond acceptors (Lipinski definition) is 8. The zero-order valence-corrected chi connectivity index (χ0v) is 22.0. The number of dihydropyridines is 1. The lowest BCUT2D eigenvalue weighted by Gasteiger charge is -2.39. The molecule has 3 aliphatic heterocycles. The van der Waals surface area contributed by atoms with E-state index in [4.69, 9.17) is 19.2 Å². The summed E-state index contributed by atoms with van der Waals surface area (Å²) in [6.45, 7) is 8.48. The van der Waals surface area contributed by atoms with E-state index in [1.165, 1.54) is 57.1 Å². The van der Waals surface area contributed by atoms with Gasteiger partial charge in [-0.25, -0.2) is 10.4 Å². The Morgan fingerprint density at radius 2 is 1.89 bits per heavy atom. The fourth-order valence-corrected chi connectivity index (χ4v) is 6.62. The van der Waals surface area contributed by atoms with Crippen LogP contribution >= 0.6 is 0 Å². The number of hydrazine groups is 1. The Balaban J connectivity index is 1.16. The van der Waals surface area contributed by atoms with Gasteiger partial charge in [0.15, 0.2) is 5.90 Å². The van der Waals surface area contributed by atoms with E-state index >= 15 is 0 Å². The predicted molar refractivity (Wildman–Crippen MR) is 139 cm³/mol. The highest BCUT2D eigenvalue weighted by molar-refractivity contribution is 5.89. The summed E-state index contributed by atoms with van der Waals surface area (Å²) in [5, 5.41) is 2.50. The third-order valence-corrected chi connectivity index (χ3v) is 8.58. The molecule has 1 N–H and O–H groups in total. The number of allylic oxidation sites excluding steroid dienone is 1. The smallest absolute Gasteiger partial charge is 0.188 e. The van der Waals surface area contributed by atoms with Gasteiger partial charge >= 0.3 is 0 Å². The second kappa shape index (κ2) is 12.6. The Morgan fingerprint density at radius 3 is 2.69 bits per heavy atom. The topological polar surface area (TPSA) is 75.6 Å². The van der Waals surface area contributed by atoms with E-state index in [0.29, 0.717) is 49.0 Å². The van der Waals surface area contributed by atoms with Gasteiger partial charge in [-0.15, -0.1) is 0 Å². The fourth-order valence-electron chi connectivity index (χ4n) is 6.62. The lowest BCUT2D eigenvalue weighted by atomic mass is 9.77. The average molecular weight is 501 g/mol. The lowest BCUT2D eigenvalue weighted by Crippen LogP contribution is -2.43. The van der Waals surface area contributed by atoms with Crippen LogP contribution in [0, 0.1) is 11.8 Å². The standard InChI is InChI=1S/C28H44N4O4/c1-21-28(23(19-33)18-27(30-21)35-17-14-31-12-15-34-16-13-31)36-20-22-6-2-5-9-25(22)26-10-11-29-32(26)24-7-3-4-8-24/h10,19,21-22,24-25,29H,2-9,11-18,20H2,1H3. The number of ether oxygens (including phenoxy) is 3. The van der Waals surface area contributed by atoms with Crippen LogP contribution in [-0.4, -0.2) is 86.8 Å². The molecule has 0 bridgehead atoms. The molecule has 8 heteroatoms. The molecule has 0 amide bonds. The number of carbonyl (C=O) groups is 1. The molecule has 0 aromatic carbocycles. The van der Waals surface area contributed by atoms with Crippen LogP contribution in [0.15, 0.2) is 28.1 Å². The highest BCUT2D eigenvalue weighted by Gasteiger charge is 2.36. The molecule has 3 fully saturated rings. The van der Waals surface area contributed by atoms with Gasteiger partial charge in [0.05, 0.1) is 26.2 Å². The van der Waals surface area contributed by atoms with E-state index in [1.807, 2.05) is 6.92 Å². The first-order valence-electron chi connectivity index (χ1n) is 14.3. The van der Waals surface area contributed by atoms with E-state index in [0.717, 1.165) is 51.4 Å². The molecule has 3 heterocycles. The minimum atomic E-state index is -0.193. The second-order valence-electron chi connectivity index (χ2n) is 10.9. The Bertz CT molecular complexity index is 844. The Kier molecular flexibility index (Phi) is 8.98. The first-order chi connectivity index (χ1) is 17.7. The van der Waals surface area contributed by atoms with Crippen molar-refractivity contribution in [3.8, 4) is 0 Å². The van der Waals surface area contributed by atoms with Crippen molar-refractivity contribution in [2.75, 3.05) is 52.6 Å². The summed E-state index contributed by atoms with van der Waals surface area (Å²) in [7, 11) is 0. The van der Waals surface area contributed by atoms with Crippen molar-refractivity contribution < 1.29 is 19.0 Å². The summed E-state index contributed by atoms with van der Waals surface area (Å²) >= 11 is 0. The van der Waals surface area contributed by atoms with Crippen molar-refractivity contribution in [3.05, 3.63) is 23.1 Å². The minimum Gasteiger partial charge on any atom is -0.495 e. The molecule has 8 nitrogen and oxygen atoms in total. The monoisotopic (exact) mass is 500 g/mol. The number of aliphatic imine (C=N–C) groups is 1. The maximum Gasteiger partial charge on any atom is 0.188 e. The zero-order chi connectivity index (χ0) is 24.7. The third kappa shape index (κ3) is 6.14. The number of carbonyl (C=O) groups excluding carboxylic acids is 1. The average Bonchev–Trinajstić information content (AvgIpc) is 3.61. The molecule has 36 heavy (non-hydrogen) atoms. The van der Waals surface area contributed by atoms with Crippen LogP contribution in [-0.2, 0) is 19.0 Å². The van der Waals surface area contributed by atoms with Crippen molar-refractivity contribution in [1.82, 2.24) is 15.3 Å². The summed E-state index contributed by atoms with van der Waals surface area (Å²) in [4.78, 5) is 19.1. The lowest BCUT2D eigenvalue weighted by molar-refractivity contribution is -0.105. The number of nitrogens with zero attached hydrogens (tertiary/aromatic N) is 3. The summed E-state index contributed by atoms with van der Waals surface area (Å²) in [6.07, 6.45) is 14.0. The van der Waals surface area contributed by atoms with Gasteiger partial charge < -0.3 is 19.2 Å². The molecular formula is C28H44N4O4. The van der Waals surface area contributed by atoms with Crippen LogP contribution in [0.1, 0.15) is 64.7 Å². The van der Waals surface area contributed by atoms with Gasteiger partial charge in [0.1, 0.15) is 24.7 Å². The predicted octanol–water partition coefficient (Wildman–Crippen LogP) is 3.45. The van der Waals surface area contributed by atoms with E-state index < -0.39 is 0 Å². The molecule has 0 aromatic rings. The largest absolute Gasteiger partial charge is 0.495 e. The van der Waals surface area contributed by atoms with Gasteiger partial charge in [-0.1, -0.05) is 25.7 Å². The van der Waals surface area contributed by atoms with Gasteiger partial charge in [-0.05, 0) is 38.7 Å². The first kappa shape index (κ1) is 25.7. The summed E-state index contributed by atoms with van der Waals surface area (Å²) in [5.74, 6) is 2.38. The van der Waals surface area contributed by atoms with Crippen LogP contribution in [0.2, 0.25) is 0 Å². The van der Waals surface area contributed by atoms with Crippen molar-refractivity contribution in [1.29, 1.82) is 0 Å². The van der Waals surface area contributed by atoms with Crippen molar-refractivity contribution in [2.24, 2.45) is 16.8 Å². The number of morpholine rings is 1. The Labute approximate surface area is 216 Å². The Morgan fingerprint density at radius 1 is 1.11 bits per heavy atom. The maximum atomic E-state index is 12.0. The van der Waals surface area contributed by atoms with Crippen LogP contribution in [0.5, 0.6) is 0 Å². The quantitative estimate of drug-likeness (QED) is 0.486. The molecule has 3 atom stereocenters. The van der Waals surface area contributed by atoms with Crippen LogP contribution in [0.25, 0.3) is 0 Å². The normalized spacial score (nSPS) is 30.4. The third-order valence-electron chi connectivity index (χ3n) is 8.58. The first-order valence-corrected chi connectivity index (χ1v) is 14.3. The SMILES string of the molecule is CC1N=C(OCCN2CCOCC2)CC(C=O)=C1OCC1CCCCC1C1=CCNN1C1CCCC1. The number of hydrogen-bond donors (Lipinski definition) is 1. The molecule has 5 aliphatic rings. The summed E-state index contributed by atoms with van der Waals surface area (Å²) in [6, 6.07) is 0.447. The fraction of sp³-hybridized carbons (Fsp3) is 0.786. The molecule has 200 valence electrons. The van der Waals surface area contributed by atoms with Gasteiger partial charge in [0.2, 0.25) is 0 Å². The molecule has 2 saturated carbocycles. The van der Waals surface area contributed by atoms with Crippen LogP contribution in [0.3, 0.4) is 0 Å².